The first-order valence-electron chi connectivity index (χ1n) is 14.6. The number of amides is 1. The third-order valence-corrected chi connectivity index (χ3v) is 8.11. The van der Waals surface area contributed by atoms with Crippen LogP contribution in [0.1, 0.15) is 32.6 Å². The fraction of sp³-hybridized carbons (Fsp3) is 0.885. The molecule has 1 saturated carbocycles. The van der Waals surface area contributed by atoms with Crippen LogP contribution in [0.15, 0.2) is 11.8 Å². The molecule has 14 N–H and O–H groups in total. The highest BCUT2D eigenvalue weighted by Gasteiger charge is 2.51. The number of aliphatic hydroxyl groups is 3. The SMILES string of the molecule is CN[C@@H]1[C@@H](O)[C@@H](O[C@H]2[C@H](CC(=O)N(O)CCN)C[C@H](N)C(O[C@H]3OC(CN)=CC[C@H]3NCCCN)[C@@H]2O)OC[C@]1(C)O. The average molecular weight is 606 g/mol. The molecular weight excluding hydrogens is 554 g/mol. The van der Waals surface area contributed by atoms with Crippen molar-refractivity contribution in [3.8, 4) is 0 Å². The molecule has 3 rings (SSSR count). The molecule has 0 radical (unpaired) electrons. The number of hydroxylamine groups is 2. The van der Waals surface area contributed by atoms with Gasteiger partial charge >= 0.3 is 0 Å². The molecule has 0 aromatic heterocycles. The molecule has 0 aromatic carbocycles. The van der Waals surface area contributed by atoms with Gasteiger partial charge in [0.1, 0.15) is 29.7 Å². The zero-order valence-corrected chi connectivity index (χ0v) is 24.5. The summed E-state index contributed by atoms with van der Waals surface area (Å²) < 4.78 is 24.1. The van der Waals surface area contributed by atoms with Gasteiger partial charge in [-0.1, -0.05) is 0 Å². The zero-order chi connectivity index (χ0) is 31.0. The van der Waals surface area contributed by atoms with Gasteiger partial charge in [0.05, 0.1) is 37.9 Å². The lowest BCUT2D eigenvalue weighted by Crippen LogP contribution is -2.67. The zero-order valence-electron chi connectivity index (χ0n) is 24.5. The molecule has 16 heteroatoms. The summed E-state index contributed by atoms with van der Waals surface area (Å²) in [4.78, 5) is 12.8. The molecule has 0 spiro atoms. The van der Waals surface area contributed by atoms with Gasteiger partial charge in [0, 0.05) is 19.0 Å². The lowest BCUT2D eigenvalue weighted by atomic mass is 9.77. The van der Waals surface area contributed by atoms with E-state index in [1.165, 1.54) is 6.92 Å². The van der Waals surface area contributed by atoms with Gasteiger partial charge in [-0.15, -0.1) is 0 Å². The maximum Gasteiger partial charge on any atom is 0.246 e. The van der Waals surface area contributed by atoms with Crippen molar-refractivity contribution in [1.29, 1.82) is 0 Å². The van der Waals surface area contributed by atoms with Crippen molar-refractivity contribution in [2.75, 3.05) is 46.4 Å². The van der Waals surface area contributed by atoms with E-state index in [2.05, 4.69) is 10.6 Å². The van der Waals surface area contributed by atoms with Gasteiger partial charge in [-0.05, 0) is 58.3 Å². The fourth-order valence-electron chi connectivity index (χ4n) is 5.83. The molecule has 16 nitrogen and oxygen atoms in total. The van der Waals surface area contributed by atoms with Crippen molar-refractivity contribution in [3.05, 3.63) is 11.8 Å². The number of carbonyl (C=O) groups excluding carboxylic acids is 1. The minimum atomic E-state index is -1.39. The predicted molar refractivity (Wildman–Crippen MR) is 150 cm³/mol. The van der Waals surface area contributed by atoms with E-state index in [1.54, 1.807) is 7.05 Å². The number of hydrogen-bond acceptors (Lipinski definition) is 15. The van der Waals surface area contributed by atoms with Gasteiger partial charge in [-0.2, -0.15) is 0 Å². The summed E-state index contributed by atoms with van der Waals surface area (Å²) >= 11 is 0. The van der Waals surface area contributed by atoms with E-state index < -0.39 is 66.5 Å². The Morgan fingerprint density at radius 2 is 1.88 bits per heavy atom. The van der Waals surface area contributed by atoms with Crippen molar-refractivity contribution in [3.63, 3.8) is 0 Å². The summed E-state index contributed by atoms with van der Waals surface area (Å²) in [5.41, 5.74) is 22.0. The normalized spacial score (nSPS) is 39.0. The van der Waals surface area contributed by atoms with Crippen LogP contribution in [0, 0.1) is 5.92 Å². The van der Waals surface area contributed by atoms with E-state index in [9.17, 15) is 25.3 Å². The number of rotatable bonds is 14. The van der Waals surface area contributed by atoms with Crippen LogP contribution < -0.4 is 33.6 Å². The molecule has 0 aromatic rings. The number of hydrogen-bond donors (Lipinski definition) is 10. The second kappa shape index (κ2) is 16.0. The highest BCUT2D eigenvalue weighted by molar-refractivity contribution is 5.75. The van der Waals surface area contributed by atoms with Crippen LogP contribution >= 0.6 is 0 Å². The molecule has 0 bridgehead atoms. The van der Waals surface area contributed by atoms with Crippen LogP contribution in [0.2, 0.25) is 0 Å². The van der Waals surface area contributed by atoms with Crippen molar-refractivity contribution < 1.29 is 44.3 Å². The Morgan fingerprint density at radius 3 is 2.52 bits per heavy atom. The summed E-state index contributed by atoms with van der Waals surface area (Å²) in [5.74, 6) is -0.776. The molecule has 1 saturated heterocycles. The Labute approximate surface area is 246 Å². The number of nitrogens with zero attached hydrogens (tertiary/aromatic N) is 1. The van der Waals surface area contributed by atoms with E-state index in [0.717, 1.165) is 6.42 Å². The first-order chi connectivity index (χ1) is 20.0. The summed E-state index contributed by atoms with van der Waals surface area (Å²) in [6.07, 6.45) is -3.79. The average Bonchev–Trinajstić information content (AvgIpc) is 2.95. The Kier molecular flexibility index (Phi) is 13.3. The summed E-state index contributed by atoms with van der Waals surface area (Å²) in [7, 11) is 1.59. The van der Waals surface area contributed by atoms with Gasteiger partial charge in [0.2, 0.25) is 12.2 Å². The minimum Gasteiger partial charge on any atom is -0.467 e. The second-order valence-corrected chi connectivity index (χ2v) is 11.5. The molecule has 2 fully saturated rings. The quantitative estimate of drug-likeness (QED) is 0.0513. The molecule has 3 aliphatic rings. The Morgan fingerprint density at radius 1 is 1.17 bits per heavy atom. The van der Waals surface area contributed by atoms with E-state index in [1.807, 2.05) is 6.08 Å². The van der Waals surface area contributed by atoms with Gasteiger partial charge in [-0.3, -0.25) is 10.0 Å². The number of carbonyl (C=O) groups is 1. The van der Waals surface area contributed by atoms with Crippen LogP contribution in [0.3, 0.4) is 0 Å². The van der Waals surface area contributed by atoms with Crippen LogP contribution in [-0.4, -0.2) is 139 Å². The second-order valence-electron chi connectivity index (χ2n) is 11.5. The lowest BCUT2D eigenvalue weighted by molar-refractivity contribution is -0.308. The number of nitrogens with one attached hydrogen (secondary N) is 2. The van der Waals surface area contributed by atoms with Gasteiger partial charge < -0.3 is 67.8 Å². The molecular formula is C26H51N7O9. The smallest absolute Gasteiger partial charge is 0.246 e. The topological polar surface area (TPSA) is 266 Å². The van der Waals surface area contributed by atoms with E-state index in [0.29, 0.717) is 30.3 Å². The molecule has 11 atom stereocenters. The third kappa shape index (κ3) is 8.56. The molecule has 1 amide bonds. The van der Waals surface area contributed by atoms with E-state index in [-0.39, 0.29) is 45.1 Å². The van der Waals surface area contributed by atoms with Gasteiger partial charge in [0.15, 0.2) is 6.29 Å². The molecule has 1 aliphatic carbocycles. The van der Waals surface area contributed by atoms with Gasteiger partial charge in [-0.25, -0.2) is 5.06 Å². The Hall–Kier alpha value is -1.51. The van der Waals surface area contributed by atoms with E-state index >= 15 is 0 Å². The molecule has 1 unspecified atom stereocenters. The summed E-state index contributed by atoms with van der Waals surface area (Å²) in [6.45, 7) is 2.64. The predicted octanol–water partition coefficient (Wildman–Crippen LogP) is -4.02. The van der Waals surface area contributed by atoms with Crippen LogP contribution in [0.4, 0.5) is 0 Å². The fourth-order valence-corrected chi connectivity index (χ4v) is 5.83. The van der Waals surface area contributed by atoms with Crippen LogP contribution in [-0.2, 0) is 23.7 Å². The van der Waals surface area contributed by atoms with E-state index in [4.69, 9.17) is 41.9 Å². The standard InChI is InChI=1S/C26H51N7O9/c1-26(37)13-39-25(20(36)23(26)31-2)41-21-14(11-18(34)33(38)9-7-28)10-16(30)22(19(21)35)42-24-17(32-8-3-6-27)5-4-15(12-29)40-24/h4,14,16-17,19-25,31-32,35-38H,3,5-13,27-30H2,1-2H3/t14-,16-,17+,19+,20+,21-,22?,23+,24+,25+,26-/m0/s1. The van der Waals surface area contributed by atoms with Crippen molar-refractivity contribution in [2.24, 2.45) is 28.9 Å². The van der Waals surface area contributed by atoms with Crippen molar-refractivity contribution >= 4 is 5.91 Å². The number of nitrogens with two attached hydrogens (primary N) is 4. The number of ether oxygens (including phenoxy) is 4. The van der Waals surface area contributed by atoms with Gasteiger partial charge in [0.25, 0.3) is 0 Å². The Balaban J connectivity index is 1.83. The maximum absolute atomic E-state index is 12.8. The molecule has 244 valence electrons. The van der Waals surface area contributed by atoms with Crippen LogP contribution in [0.25, 0.3) is 0 Å². The van der Waals surface area contributed by atoms with Crippen molar-refractivity contribution in [1.82, 2.24) is 15.7 Å². The first-order valence-corrected chi connectivity index (χ1v) is 14.6. The summed E-state index contributed by atoms with van der Waals surface area (Å²) in [5, 5.41) is 50.1. The highest BCUT2D eigenvalue weighted by Crippen LogP contribution is 2.36. The lowest BCUT2D eigenvalue weighted by Gasteiger charge is -2.49. The molecule has 2 heterocycles. The highest BCUT2D eigenvalue weighted by atomic mass is 16.7. The molecule has 2 aliphatic heterocycles. The molecule has 42 heavy (non-hydrogen) atoms. The minimum absolute atomic E-state index is 0.0550. The maximum atomic E-state index is 12.8. The monoisotopic (exact) mass is 605 g/mol. The number of aliphatic hydroxyl groups excluding tert-OH is 2. The Bertz CT molecular complexity index is 885. The summed E-state index contributed by atoms with van der Waals surface area (Å²) in [6, 6.07) is -1.82. The largest absolute Gasteiger partial charge is 0.467 e. The van der Waals surface area contributed by atoms with Crippen molar-refractivity contribution in [2.45, 2.75) is 93.3 Å². The third-order valence-electron chi connectivity index (χ3n) is 8.11. The van der Waals surface area contributed by atoms with Crippen LogP contribution in [0.5, 0.6) is 0 Å². The number of likely N-dealkylation sites (N-methyl/N-ethyl adjacent to an activating group) is 1. The first kappa shape index (κ1) is 35.0.